The van der Waals surface area contributed by atoms with Gasteiger partial charge in [-0.1, -0.05) is 66.7 Å². The summed E-state index contributed by atoms with van der Waals surface area (Å²) in [5.74, 6) is 0.0109. The molecule has 7 nitrogen and oxygen atoms in total. The minimum absolute atomic E-state index is 0.0171. The average molecular weight is 515 g/mol. The number of aromatic nitrogens is 2. The van der Waals surface area contributed by atoms with E-state index in [1.165, 1.54) is 41.3 Å². The molecule has 3 rings (SSSR count). The third-order valence-electron chi connectivity index (χ3n) is 4.00. The standard InChI is InChI=1S/C20H20ClFN4O3S3/c1-13(2)12-30-20-25-24-19(31-20)23-18(27)11-26(14-8-9-17(22)16(21)10-14)32(28,29)15-6-4-3-5-7-15/h3-10,13H,11-12H2,1-2H3,(H,23,24,27). The van der Waals surface area contributed by atoms with Crippen molar-refractivity contribution in [2.75, 3.05) is 21.9 Å². The van der Waals surface area contributed by atoms with Gasteiger partial charge in [0, 0.05) is 5.75 Å². The molecule has 0 spiro atoms. The van der Waals surface area contributed by atoms with Gasteiger partial charge in [-0.15, -0.1) is 10.2 Å². The summed E-state index contributed by atoms with van der Waals surface area (Å²) < 4.78 is 41.7. The van der Waals surface area contributed by atoms with Crippen LogP contribution in [0.4, 0.5) is 15.2 Å². The molecule has 0 aliphatic heterocycles. The topological polar surface area (TPSA) is 92.3 Å². The van der Waals surface area contributed by atoms with Crippen LogP contribution in [0.3, 0.4) is 0 Å². The monoisotopic (exact) mass is 514 g/mol. The number of halogens is 2. The number of nitrogens with zero attached hydrogens (tertiary/aromatic N) is 3. The van der Waals surface area contributed by atoms with Gasteiger partial charge in [0.2, 0.25) is 11.0 Å². The minimum atomic E-state index is -4.13. The molecule has 0 aliphatic carbocycles. The van der Waals surface area contributed by atoms with E-state index in [2.05, 4.69) is 29.4 Å². The molecule has 0 radical (unpaired) electrons. The number of hydrogen-bond donors (Lipinski definition) is 1. The van der Waals surface area contributed by atoms with Gasteiger partial charge in [-0.25, -0.2) is 12.8 Å². The number of benzene rings is 2. The van der Waals surface area contributed by atoms with Crippen LogP contribution in [0.15, 0.2) is 57.8 Å². The maximum atomic E-state index is 13.7. The first-order valence-electron chi connectivity index (χ1n) is 9.46. The zero-order valence-corrected chi connectivity index (χ0v) is 20.4. The fourth-order valence-electron chi connectivity index (χ4n) is 2.52. The van der Waals surface area contributed by atoms with Crippen LogP contribution in [-0.2, 0) is 14.8 Å². The summed E-state index contributed by atoms with van der Waals surface area (Å²) in [7, 11) is -4.13. The van der Waals surface area contributed by atoms with Gasteiger partial charge in [-0.05, 0) is 36.2 Å². The van der Waals surface area contributed by atoms with Gasteiger partial charge >= 0.3 is 0 Å². The van der Waals surface area contributed by atoms with Crippen LogP contribution < -0.4 is 9.62 Å². The maximum absolute atomic E-state index is 13.7. The normalized spacial score (nSPS) is 11.5. The van der Waals surface area contributed by atoms with Crippen LogP contribution in [-0.4, -0.2) is 36.8 Å². The fraction of sp³-hybridized carbons (Fsp3) is 0.250. The second-order valence-corrected chi connectivity index (χ2v) is 11.6. The second kappa shape index (κ2) is 10.6. The molecule has 1 amide bonds. The Labute approximate surface area is 199 Å². The lowest BCUT2D eigenvalue weighted by Crippen LogP contribution is -2.38. The van der Waals surface area contributed by atoms with Crippen molar-refractivity contribution in [3.8, 4) is 0 Å². The van der Waals surface area contributed by atoms with Crippen molar-refractivity contribution in [1.29, 1.82) is 0 Å². The lowest BCUT2D eigenvalue weighted by molar-refractivity contribution is -0.114. The number of carbonyl (C=O) groups is 1. The maximum Gasteiger partial charge on any atom is 0.264 e. The van der Waals surface area contributed by atoms with Gasteiger partial charge < -0.3 is 0 Å². The third kappa shape index (κ3) is 6.18. The van der Waals surface area contributed by atoms with Crippen molar-refractivity contribution in [3.63, 3.8) is 0 Å². The number of carbonyl (C=O) groups excluding carboxylic acids is 1. The Bertz CT molecular complexity index is 1190. The molecule has 32 heavy (non-hydrogen) atoms. The van der Waals surface area contributed by atoms with E-state index in [-0.39, 0.29) is 20.7 Å². The van der Waals surface area contributed by atoms with E-state index in [1.54, 1.807) is 18.2 Å². The van der Waals surface area contributed by atoms with E-state index in [4.69, 9.17) is 11.6 Å². The van der Waals surface area contributed by atoms with E-state index in [0.717, 1.165) is 22.2 Å². The molecule has 3 aromatic rings. The van der Waals surface area contributed by atoms with Crippen molar-refractivity contribution in [1.82, 2.24) is 10.2 Å². The van der Waals surface area contributed by atoms with Gasteiger partial charge in [0.1, 0.15) is 12.4 Å². The molecule has 170 valence electrons. The van der Waals surface area contributed by atoms with Crippen molar-refractivity contribution in [2.45, 2.75) is 23.1 Å². The quantitative estimate of drug-likeness (QED) is 0.322. The lowest BCUT2D eigenvalue weighted by atomic mass is 10.3. The molecule has 1 N–H and O–H groups in total. The number of rotatable bonds is 9. The van der Waals surface area contributed by atoms with Gasteiger partial charge in [-0.2, -0.15) is 0 Å². The highest BCUT2D eigenvalue weighted by atomic mass is 35.5. The summed E-state index contributed by atoms with van der Waals surface area (Å²) in [4.78, 5) is 12.7. The van der Waals surface area contributed by atoms with E-state index in [1.807, 2.05) is 0 Å². The van der Waals surface area contributed by atoms with Gasteiger partial charge in [0.25, 0.3) is 10.0 Å². The number of anilines is 2. The number of hydrogen-bond acceptors (Lipinski definition) is 7. The SMILES string of the molecule is CC(C)CSc1nnc(NC(=O)CN(c2ccc(F)c(Cl)c2)S(=O)(=O)c2ccccc2)s1. The molecule has 1 heterocycles. The Morgan fingerprint density at radius 1 is 1.22 bits per heavy atom. The Hall–Kier alpha value is -2.21. The van der Waals surface area contributed by atoms with E-state index in [9.17, 15) is 17.6 Å². The van der Waals surface area contributed by atoms with Crippen LogP contribution in [0.1, 0.15) is 13.8 Å². The zero-order chi connectivity index (χ0) is 23.3. The Balaban J connectivity index is 1.84. The molecule has 1 aromatic heterocycles. The zero-order valence-electron chi connectivity index (χ0n) is 17.2. The molecule has 0 bridgehead atoms. The molecule has 0 saturated heterocycles. The first-order valence-corrected chi connectivity index (χ1v) is 13.1. The second-order valence-electron chi connectivity index (χ2n) is 7.05. The largest absolute Gasteiger partial charge is 0.299 e. The van der Waals surface area contributed by atoms with Crippen molar-refractivity contribution < 1.29 is 17.6 Å². The Morgan fingerprint density at radius 2 is 1.94 bits per heavy atom. The Morgan fingerprint density at radius 3 is 2.59 bits per heavy atom. The van der Waals surface area contributed by atoms with Crippen LogP contribution in [0.25, 0.3) is 0 Å². The highest BCUT2D eigenvalue weighted by molar-refractivity contribution is 8.01. The van der Waals surface area contributed by atoms with E-state index in [0.29, 0.717) is 10.3 Å². The molecule has 0 saturated carbocycles. The van der Waals surface area contributed by atoms with Gasteiger partial charge in [0.05, 0.1) is 15.6 Å². The van der Waals surface area contributed by atoms with Crippen LogP contribution in [0.2, 0.25) is 5.02 Å². The minimum Gasteiger partial charge on any atom is -0.299 e. The van der Waals surface area contributed by atoms with Crippen LogP contribution >= 0.6 is 34.7 Å². The summed E-state index contributed by atoms with van der Waals surface area (Å²) in [6.45, 7) is 3.60. The predicted molar refractivity (Wildman–Crippen MR) is 126 cm³/mol. The number of sulfonamides is 1. The molecule has 0 fully saturated rings. The van der Waals surface area contributed by atoms with Gasteiger partial charge in [0.15, 0.2) is 4.34 Å². The number of thioether (sulfide) groups is 1. The van der Waals surface area contributed by atoms with Crippen molar-refractivity contribution in [2.24, 2.45) is 5.92 Å². The molecular weight excluding hydrogens is 495 g/mol. The third-order valence-corrected chi connectivity index (χ3v) is 8.48. The van der Waals surface area contributed by atoms with Crippen molar-refractivity contribution >= 4 is 61.4 Å². The number of amides is 1. The predicted octanol–water partition coefficient (Wildman–Crippen LogP) is 4.91. The highest BCUT2D eigenvalue weighted by Gasteiger charge is 2.28. The Kier molecular flexibility index (Phi) is 8.10. The first kappa shape index (κ1) is 24.4. The smallest absolute Gasteiger partial charge is 0.264 e. The number of nitrogens with one attached hydrogen (secondary N) is 1. The molecule has 0 unspecified atom stereocenters. The molecule has 2 aromatic carbocycles. The lowest BCUT2D eigenvalue weighted by Gasteiger charge is -2.24. The molecule has 0 atom stereocenters. The van der Waals surface area contributed by atoms with Crippen LogP contribution in [0.5, 0.6) is 0 Å². The molecular formula is C20H20ClFN4O3S3. The fourth-order valence-corrected chi connectivity index (χ4v) is 5.87. The average Bonchev–Trinajstić information content (AvgIpc) is 3.20. The van der Waals surface area contributed by atoms with Crippen molar-refractivity contribution in [3.05, 3.63) is 59.4 Å². The highest BCUT2D eigenvalue weighted by Crippen LogP contribution is 2.29. The summed E-state index contributed by atoms with van der Waals surface area (Å²) in [5.41, 5.74) is 0.0563. The molecule has 12 heteroatoms. The first-order chi connectivity index (χ1) is 15.2. The summed E-state index contributed by atoms with van der Waals surface area (Å²) in [6, 6.07) is 11.1. The van der Waals surface area contributed by atoms with Gasteiger partial charge in [-0.3, -0.25) is 14.4 Å². The summed E-state index contributed by atoms with van der Waals surface area (Å²) in [6.07, 6.45) is 0. The molecule has 0 aliphatic rings. The van der Waals surface area contributed by atoms with E-state index >= 15 is 0 Å². The summed E-state index contributed by atoms with van der Waals surface area (Å²) >= 11 is 8.59. The van der Waals surface area contributed by atoms with E-state index < -0.39 is 28.3 Å². The van der Waals surface area contributed by atoms with Crippen LogP contribution in [0, 0.1) is 11.7 Å². The summed E-state index contributed by atoms with van der Waals surface area (Å²) in [5, 5.41) is 10.5.